The standard InChI is InChI=1S/C24H37N3O6/c1-8-32-19(28)14-15-25-21(29)20(18-12-10-9-11-13-18)27(16(2)3)22(30)17(4)26-23(31)33-24(5,6)7/h9-13,16-17,20H,8,14-15H2,1-7H3,(H,25,29)(H,26,31). The van der Waals surface area contributed by atoms with Crippen LogP contribution in [0.15, 0.2) is 30.3 Å². The smallest absolute Gasteiger partial charge is 0.408 e. The normalized spacial score (nSPS) is 13.0. The predicted octanol–water partition coefficient (Wildman–Crippen LogP) is 2.95. The number of rotatable bonds is 10. The van der Waals surface area contributed by atoms with E-state index in [4.69, 9.17) is 9.47 Å². The lowest BCUT2D eigenvalue weighted by atomic mass is 10.0. The first-order valence-electron chi connectivity index (χ1n) is 11.2. The summed E-state index contributed by atoms with van der Waals surface area (Å²) in [5, 5.41) is 5.27. The topological polar surface area (TPSA) is 114 Å². The fourth-order valence-electron chi connectivity index (χ4n) is 3.14. The highest BCUT2D eigenvalue weighted by Crippen LogP contribution is 2.25. The van der Waals surface area contributed by atoms with Crippen LogP contribution in [0.4, 0.5) is 4.79 Å². The van der Waals surface area contributed by atoms with Crippen LogP contribution >= 0.6 is 0 Å². The summed E-state index contributed by atoms with van der Waals surface area (Å²) >= 11 is 0. The highest BCUT2D eigenvalue weighted by molar-refractivity contribution is 5.92. The van der Waals surface area contributed by atoms with E-state index in [9.17, 15) is 19.2 Å². The number of nitrogens with zero attached hydrogens (tertiary/aromatic N) is 1. The summed E-state index contributed by atoms with van der Waals surface area (Å²) in [4.78, 5) is 51.8. The Morgan fingerprint density at radius 1 is 1.03 bits per heavy atom. The monoisotopic (exact) mass is 463 g/mol. The van der Waals surface area contributed by atoms with Crippen molar-refractivity contribution in [3.05, 3.63) is 35.9 Å². The Kier molecular flexibility index (Phi) is 10.8. The van der Waals surface area contributed by atoms with Gasteiger partial charge >= 0.3 is 12.1 Å². The second-order valence-corrected chi connectivity index (χ2v) is 8.87. The Morgan fingerprint density at radius 3 is 2.15 bits per heavy atom. The second kappa shape index (κ2) is 12.8. The van der Waals surface area contributed by atoms with Crippen molar-refractivity contribution in [3.63, 3.8) is 0 Å². The van der Waals surface area contributed by atoms with Gasteiger partial charge < -0.3 is 25.0 Å². The first-order chi connectivity index (χ1) is 15.4. The van der Waals surface area contributed by atoms with E-state index in [-0.39, 0.29) is 25.6 Å². The molecule has 3 amide bonds. The van der Waals surface area contributed by atoms with E-state index in [1.807, 2.05) is 6.07 Å². The van der Waals surface area contributed by atoms with Gasteiger partial charge in [-0.2, -0.15) is 0 Å². The zero-order valence-electron chi connectivity index (χ0n) is 20.6. The largest absolute Gasteiger partial charge is 0.466 e. The maximum absolute atomic E-state index is 13.4. The molecule has 184 valence electrons. The predicted molar refractivity (Wildman–Crippen MR) is 124 cm³/mol. The van der Waals surface area contributed by atoms with Crippen LogP contribution in [0.25, 0.3) is 0 Å². The molecular weight excluding hydrogens is 426 g/mol. The zero-order chi connectivity index (χ0) is 25.2. The number of amides is 3. The first-order valence-corrected chi connectivity index (χ1v) is 11.2. The fraction of sp³-hybridized carbons (Fsp3) is 0.583. The molecular formula is C24H37N3O6. The van der Waals surface area contributed by atoms with Crippen molar-refractivity contribution in [2.75, 3.05) is 13.2 Å². The van der Waals surface area contributed by atoms with E-state index in [1.165, 1.54) is 4.90 Å². The molecule has 0 heterocycles. The van der Waals surface area contributed by atoms with Gasteiger partial charge in [0, 0.05) is 12.6 Å². The van der Waals surface area contributed by atoms with Crippen LogP contribution in [0.3, 0.4) is 0 Å². The molecule has 2 atom stereocenters. The molecule has 0 spiro atoms. The highest BCUT2D eigenvalue weighted by atomic mass is 16.6. The van der Waals surface area contributed by atoms with E-state index < -0.39 is 41.6 Å². The minimum absolute atomic E-state index is 0.0211. The van der Waals surface area contributed by atoms with Crippen molar-refractivity contribution in [2.24, 2.45) is 0 Å². The number of esters is 1. The summed E-state index contributed by atoms with van der Waals surface area (Å²) in [6.45, 7) is 12.4. The summed E-state index contributed by atoms with van der Waals surface area (Å²) < 4.78 is 10.1. The SMILES string of the molecule is CCOC(=O)CCNC(=O)C(c1ccccc1)N(C(=O)C(C)NC(=O)OC(C)(C)C)C(C)C. The van der Waals surface area contributed by atoms with Gasteiger partial charge in [0.1, 0.15) is 17.7 Å². The Balaban J connectivity index is 3.10. The molecule has 1 rings (SSSR count). The van der Waals surface area contributed by atoms with Crippen LogP contribution in [0.5, 0.6) is 0 Å². The number of hydrogen-bond donors (Lipinski definition) is 2. The van der Waals surface area contributed by atoms with Crippen molar-refractivity contribution < 1.29 is 28.7 Å². The Hall–Kier alpha value is -3.10. The molecule has 33 heavy (non-hydrogen) atoms. The molecule has 0 aliphatic rings. The van der Waals surface area contributed by atoms with E-state index in [0.29, 0.717) is 5.56 Å². The molecule has 9 heteroatoms. The molecule has 0 aliphatic carbocycles. The number of carbonyl (C=O) groups is 4. The van der Waals surface area contributed by atoms with Crippen LogP contribution in [0, 0.1) is 0 Å². The lowest BCUT2D eigenvalue weighted by Crippen LogP contribution is -2.54. The molecule has 2 unspecified atom stereocenters. The molecule has 0 saturated heterocycles. The van der Waals surface area contributed by atoms with Crippen molar-refractivity contribution >= 4 is 23.9 Å². The number of nitrogens with one attached hydrogen (secondary N) is 2. The molecule has 0 aliphatic heterocycles. The third kappa shape index (κ3) is 9.51. The Labute approximate surface area is 196 Å². The molecule has 9 nitrogen and oxygen atoms in total. The number of benzene rings is 1. The molecule has 0 radical (unpaired) electrons. The van der Waals surface area contributed by atoms with Gasteiger partial charge in [0.05, 0.1) is 13.0 Å². The average molecular weight is 464 g/mol. The van der Waals surface area contributed by atoms with Gasteiger partial charge in [-0.05, 0) is 54.0 Å². The van der Waals surface area contributed by atoms with Crippen LogP contribution in [0.1, 0.15) is 66.5 Å². The summed E-state index contributed by atoms with van der Waals surface area (Å²) in [6.07, 6.45) is -0.699. The van der Waals surface area contributed by atoms with Crippen LogP contribution in [0.2, 0.25) is 0 Å². The fourth-order valence-corrected chi connectivity index (χ4v) is 3.14. The van der Waals surface area contributed by atoms with Gasteiger partial charge in [-0.1, -0.05) is 30.3 Å². The Bertz CT molecular complexity index is 804. The van der Waals surface area contributed by atoms with Gasteiger partial charge in [0.25, 0.3) is 0 Å². The molecule has 1 aromatic carbocycles. The van der Waals surface area contributed by atoms with Crippen LogP contribution < -0.4 is 10.6 Å². The van der Waals surface area contributed by atoms with Crippen molar-refractivity contribution in [1.29, 1.82) is 0 Å². The zero-order valence-corrected chi connectivity index (χ0v) is 20.6. The molecule has 1 aromatic rings. The van der Waals surface area contributed by atoms with E-state index >= 15 is 0 Å². The van der Waals surface area contributed by atoms with Gasteiger partial charge in [-0.25, -0.2) is 4.79 Å². The minimum atomic E-state index is -0.955. The van der Waals surface area contributed by atoms with Gasteiger partial charge in [-0.3, -0.25) is 14.4 Å². The molecule has 0 bridgehead atoms. The third-order valence-corrected chi connectivity index (χ3v) is 4.49. The molecule has 2 N–H and O–H groups in total. The molecule has 0 saturated carbocycles. The van der Waals surface area contributed by atoms with Crippen molar-refractivity contribution in [1.82, 2.24) is 15.5 Å². The van der Waals surface area contributed by atoms with Crippen molar-refractivity contribution in [3.8, 4) is 0 Å². The summed E-state index contributed by atoms with van der Waals surface area (Å²) in [5.41, 5.74) is -0.103. The third-order valence-electron chi connectivity index (χ3n) is 4.49. The van der Waals surface area contributed by atoms with Gasteiger partial charge in [0.15, 0.2) is 0 Å². The van der Waals surface area contributed by atoms with Crippen LogP contribution in [-0.2, 0) is 23.9 Å². The maximum Gasteiger partial charge on any atom is 0.408 e. The average Bonchev–Trinajstić information content (AvgIpc) is 2.70. The number of ether oxygens (including phenoxy) is 2. The molecule has 0 aromatic heterocycles. The van der Waals surface area contributed by atoms with Gasteiger partial charge in [-0.15, -0.1) is 0 Å². The summed E-state index contributed by atoms with van der Waals surface area (Å²) in [7, 11) is 0. The van der Waals surface area contributed by atoms with Gasteiger partial charge in [0.2, 0.25) is 11.8 Å². The Morgan fingerprint density at radius 2 is 1.64 bits per heavy atom. The first kappa shape index (κ1) is 27.9. The second-order valence-electron chi connectivity index (χ2n) is 8.87. The number of alkyl carbamates (subject to hydrolysis) is 1. The summed E-state index contributed by atoms with van der Waals surface area (Å²) in [5.74, 6) is -1.29. The van der Waals surface area contributed by atoms with E-state index in [1.54, 1.807) is 72.7 Å². The highest BCUT2D eigenvalue weighted by Gasteiger charge is 2.36. The quantitative estimate of drug-likeness (QED) is 0.516. The van der Waals surface area contributed by atoms with Crippen molar-refractivity contribution in [2.45, 2.75) is 78.6 Å². The number of carbonyl (C=O) groups excluding carboxylic acids is 4. The van der Waals surface area contributed by atoms with E-state index in [0.717, 1.165) is 0 Å². The van der Waals surface area contributed by atoms with E-state index in [2.05, 4.69) is 10.6 Å². The minimum Gasteiger partial charge on any atom is -0.466 e. The maximum atomic E-state index is 13.4. The number of hydrogen-bond acceptors (Lipinski definition) is 6. The lowest BCUT2D eigenvalue weighted by molar-refractivity contribution is -0.145. The lowest BCUT2D eigenvalue weighted by Gasteiger charge is -2.36. The van der Waals surface area contributed by atoms with Crippen LogP contribution in [-0.4, -0.2) is 59.6 Å². The molecule has 0 fully saturated rings. The summed E-state index contributed by atoms with van der Waals surface area (Å²) in [6, 6.07) is 6.63.